The van der Waals surface area contributed by atoms with E-state index in [1.807, 2.05) is 20.8 Å². The van der Waals surface area contributed by atoms with E-state index in [0.29, 0.717) is 18.0 Å². The average molecular weight is 254 g/mol. The number of nitrogens with one attached hydrogen (secondary N) is 1. The van der Waals surface area contributed by atoms with Crippen molar-refractivity contribution in [1.82, 2.24) is 10.2 Å². The lowest BCUT2D eigenvalue weighted by atomic mass is 9.86. The molecule has 0 aromatic carbocycles. The summed E-state index contributed by atoms with van der Waals surface area (Å²) in [6.07, 6.45) is 4.88. The van der Waals surface area contributed by atoms with Crippen molar-refractivity contribution in [3.05, 3.63) is 0 Å². The van der Waals surface area contributed by atoms with Gasteiger partial charge in [-0.3, -0.25) is 4.79 Å². The first-order chi connectivity index (χ1) is 8.41. The Morgan fingerprint density at radius 1 is 1.22 bits per heavy atom. The van der Waals surface area contributed by atoms with Crippen LogP contribution in [-0.4, -0.2) is 36.0 Å². The van der Waals surface area contributed by atoms with Gasteiger partial charge in [-0.25, -0.2) is 0 Å². The molecule has 0 spiro atoms. The molecule has 1 fully saturated rings. The Bertz CT molecular complexity index is 268. The Kier molecular flexibility index (Phi) is 5.64. The molecule has 1 N–H and O–H groups in total. The maximum Gasteiger partial charge on any atom is 0.228 e. The molecule has 18 heavy (non-hydrogen) atoms. The van der Waals surface area contributed by atoms with Crippen LogP contribution in [0.4, 0.5) is 0 Å². The Labute approximate surface area is 112 Å². The molecule has 0 heterocycles. The summed E-state index contributed by atoms with van der Waals surface area (Å²) in [5.74, 6) is 0.291. The van der Waals surface area contributed by atoms with Crippen LogP contribution in [0.25, 0.3) is 0 Å². The number of carbonyl (C=O) groups is 1. The second-order valence-corrected chi connectivity index (χ2v) is 6.36. The van der Waals surface area contributed by atoms with Crippen LogP contribution >= 0.6 is 0 Å². The Balaban J connectivity index is 2.81. The third kappa shape index (κ3) is 3.71. The predicted octanol–water partition coefficient (Wildman–Crippen LogP) is 2.80. The van der Waals surface area contributed by atoms with E-state index in [0.717, 1.165) is 19.5 Å². The predicted molar refractivity (Wildman–Crippen MR) is 76.6 cm³/mol. The molecule has 1 aliphatic rings. The molecule has 0 aromatic heterocycles. The fourth-order valence-electron chi connectivity index (χ4n) is 2.94. The Hall–Kier alpha value is -0.570. The van der Waals surface area contributed by atoms with E-state index in [1.54, 1.807) is 0 Å². The van der Waals surface area contributed by atoms with E-state index in [9.17, 15) is 4.79 Å². The van der Waals surface area contributed by atoms with E-state index in [1.165, 1.54) is 19.3 Å². The van der Waals surface area contributed by atoms with Crippen LogP contribution < -0.4 is 5.32 Å². The molecule has 0 aromatic rings. The van der Waals surface area contributed by atoms with E-state index >= 15 is 0 Å². The first-order valence-corrected chi connectivity index (χ1v) is 7.46. The molecular formula is C15H30N2O. The van der Waals surface area contributed by atoms with Gasteiger partial charge in [-0.1, -0.05) is 40.5 Å². The van der Waals surface area contributed by atoms with E-state index < -0.39 is 0 Å². The lowest BCUT2D eigenvalue weighted by Gasteiger charge is -2.42. The first kappa shape index (κ1) is 15.5. The van der Waals surface area contributed by atoms with Gasteiger partial charge in [-0.2, -0.15) is 0 Å². The van der Waals surface area contributed by atoms with Gasteiger partial charge in [0.05, 0.1) is 0 Å². The highest BCUT2D eigenvalue weighted by Crippen LogP contribution is 2.27. The average Bonchev–Trinajstić information content (AvgIpc) is 2.31. The minimum atomic E-state index is -0.274. The number of carbonyl (C=O) groups excluding carboxylic acids is 1. The van der Waals surface area contributed by atoms with E-state index in [2.05, 4.69) is 24.1 Å². The number of hydrogen-bond acceptors (Lipinski definition) is 2. The second kappa shape index (κ2) is 6.55. The summed E-state index contributed by atoms with van der Waals surface area (Å²) in [6.45, 7) is 12.1. The summed E-state index contributed by atoms with van der Waals surface area (Å²) >= 11 is 0. The maximum absolute atomic E-state index is 12.5. The highest BCUT2D eigenvalue weighted by atomic mass is 16.2. The zero-order chi connectivity index (χ0) is 13.8. The monoisotopic (exact) mass is 254 g/mol. The fraction of sp³-hybridized carbons (Fsp3) is 0.933. The molecule has 1 saturated carbocycles. The summed E-state index contributed by atoms with van der Waals surface area (Å²) in [7, 11) is 0. The fourth-order valence-corrected chi connectivity index (χ4v) is 2.94. The smallest absolute Gasteiger partial charge is 0.228 e. The van der Waals surface area contributed by atoms with Gasteiger partial charge in [0, 0.05) is 24.0 Å². The van der Waals surface area contributed by atoms with Crippen molar-refractivity contribution in [2.75, 3.05) is 13.1 Å². The summed E-state index contributed by atoms with van der Waals surface area (Å²) in [4.78, 5) is 14.6. The normalized spacial score (nSPS) is 24.9. The SMILES string of the molecule is CCNC1CCCCC1N(CC)C(=O)C(C)(C)C. The van der Waals surface area contributed by atoms with E-state index in [-0.39, 0.29) is 5.41 Å². The number of rotatable bonds is 4. The summed E-state index contributed by atoms with van der Waals surface area (Å²) in [6, 6.07) is 0.866. The summed E-state index contributed by atoms with van der Waals surface area (Å²) < 4.78 is 0. The van der Waals surface area contributed by atoms with E-state index in [4.69, 9.17) is 0 Å². The number of nitrogens with zero attached hydrogens (tertiary/aromatic N) is 1. The third-order valence-corrected chi connectivity index (χ3v) is 3.84. The number of amides is 1. The van der Waals surface area contributed by atoms with Gasteiger partial charge in [0.15, 0.2) is 0 Å². The summed E-state index contributed by atoms with van der Waals surface area (Å²) in [5.41, 5.74) is -0.274. The van der Waals surface area contributed by atoms with Crippen molar-refractivity contribution in [3.8, 4) is 0 Å². The molecule has 3 heteroatoms. The highest BCUT2D eigenvalue weighted by molar-refractivity contribution is 5.81. The standard InChI is InChI=1S/C15H30N2O/c1-6-16-12-10-8-9-11-13(12)17(7-2)14(18)15(3,4)5/h12-13,16H,6-11H2,1-5H3. The van der Waals surface area contributed by atoms with Crippen molar-refractivity contribution in [1.29, 1.82) is 0 Å². The lowest BCUT2D eigenvalue weighted by Crippen LogP contribution is -2.55. The van der Waals surface area contributed by atoms with Crippen LogP contribution in [0.5, 0.6) is 0 Å². The molecule has 2 unspecified atom stereocenters. The summed E-state index contributed by atoms with van der Waals surface area (Å²) in [5, 5.41) is 3.56. The molecule has 3 nitrogen and oxygen atoms in total. The van der Waals surface area contributed by atoms with Gasteiger partial charge in [0.2, 0.25) is 5.91 Å². The maximum atomic E-state index is 12.5. The van der Waals surface area contributed by atoms with Crippen molar-refractivity contribution < 1.29 is 4.79 Å². The molecule has 0 radical (unpaired) electrons. The molecule has 106 valence electrons. The van der Waals surface area contributed by atoms with Crippen molar-refractivity contribution >= 4 is 5.91 Å². The molecule has 1 amide bonds. The van der Waals surface area contributed by atoms with Crippen LogP contribution in [-0.2, 0) is 4.79 Å². The number of hydrogen-bond donors (Lipinski definition) is 1. The molecule has 1 aliphatic carbocycles. The zero-order valence-corrected chi connectivity index (χ0v) is 12.8. The Morgan fingerprint density at radius 2 is 1.83 bits per heavy atom. The molecule has 1 rings (SSSR count). The quantitative estimate of drug-likeness (QED) is 0.836. The topological polar surface area (TPSA) is 32.3 Å². The van der Waals surface area contributed by atoms with Gasteiger partial charge in [0.25, 0.3) is 0 Å². The largest absolute Gasteiger partial charge is 0.338 e. The molecule has 0 bridgehead atoms. The Morgan fingerprint density at radius 3 is 2.33 bits per heavy atom. The van der Waals surface area contributed by atoms with Gasteiger partial charge in [-0.05, 0) is 26.3 Å². The molecular weight excluding hydrogens is 224 g/mol. The minimum absolute atomic E-state index is 0.274. The third-order valence-electron chi connectivity index (χ3n) is 3.84. The van der Waals surface area contributed by atoms with Crippen LogP contribution in [0.15, 0.2) is 0 Å². The van der Waals surface area contributed by atoms with Crippen LogP contribution in [0.2, 0.25) is 0 Å². The van der Waals surface area contributed by atoms with Crippen LogP contribution in [0.1, 0.15) is 60.3 Å². The van der Waals surface area contributed by atoms with Gasteiger partial charge in [-0.15, -0.1) is 0 Å². The molecule has 2 atom stereocenters. The van der Waals surface area contributed by atoms with Crippen LogP contribution in [0, 0.1) is 5.41 Å². The van der Waals surface area contributed by atoms with Gasteiger partial charge in [0.1, 0.15) is 0 Å². The zero-order valence-electron chi connectivity index (χ0n) is 12.8. The lowest BCUT2D eigenvalue weighted by molar-refractivity contribution is -0.143. The highest BCUT2D eigenvalue weighted by Gasteiger charge is 2.35. The first-order valence-electron chi connectivity index (χ1n) is 7.46. The van der Waals surface area contributed by atoms with Crippen molar-refractivity contribution in [2.45, 2.75) is 72.4 Å². The minimum Gasteiger partial charge on any atom is -0.338 e. The van der Waals surface area contributed by atoms with Crippen LogP contribution in [0.3, 0.4) is 0 Å². The van der Waals surface area contributed by atoms with Gasteiger partial charge < -0.3 is 10.2 Å². The molecule has 0 saturated heterocycles. The second-order valence-electron chi connectivity index (χ2n) is 6.36. The molecule has 0 aliphatic heterocycles. The van der Waals surface area contributed by atoms with Crippen molar-refractivity contribution in [2.24, 2.45) is 5.41 Å². The van der Waals surface area contributed by atoms with Gasteiger partial charge >= 0.3 is 0 Å². The van der Waals surface area contributed by atoms with Crippen molar-refractivity contribution in [3.63, 3.8) is 0 Å². The number of likely N-dealkylation sites (N-methyl/N-ethyl adjacent to an activating group) is 2.